The predicted octanol–water partition coefficient (Wildman–Crippen LogP) is 2.98. The van der Waals surface area contributed by atoms with Crippen LogP contribution in [0.25, 0.3) is 0 Å². The number of likely N-dealkylation sites (N-methyl/N-ethyl adjacent to an activating group) is 1. The van der Waals surface area contributed by atoms with E-state index in [4.69, 9.17) is 11.6 Å². The van der Waals surface area contributed by atoms with Crippen LogP contribution in [-0.4, -0.2) is 13.0 Å². The maximum absolute atomic E-state index is 12.1. The summed E-state index contributed by atoms with van der Waals surface area (Å²) >= 11 is 5.97. The predicted molar refractivity (Wildman–Crippen MR) is 62.5 cm³/mol. The smallest absolute Gasteiger partial charge is 0.237 e. The van der Waals surface area contributed by atoms with Crippen molar-refractivity contribution in [3.63, 3.8) is 0 Å². The fourth-order valence-corrected chi connectivity index (χ4v) is 2.35. The van der Waals surface area contributed by atoms with Crippen molar-refractivity contribution in [3.05, 3.63) is 28.8 Å². The van der Waals surface area contributed by atoms with Crippen LogP contribution in [-0.2, 0) is 10.2 Å². The zero-order valence-electron chi connectivity index (χ0n) is 9.17. The summed E-state index contributed by atoms with van der Waals surface area (Å²) in [6.45, 7) is 4.01. The minimum Gasteiger partial charge on any atom is -0.314 e. The monoisotopic (exact) mass is 223 g/mol. The molecule has 15 heavy (non-hydrogen) atoms. The molecule has 0 saturated carbocycles. The molecular formula is C12H14ClNO. The summed E-state index contributed by atoms with van der Waals surface area (Å²) < 4.78 is 0. The van der Waals surface area contributed by atoms with E-state index in [9.17, 15) is 4.79 Å². The number of rotatable bonds is 1. The molecule has 1 amide bonds. The third kappa shape index (κ3) is 1.28. The van der Waals surface area contributed by atoms with Gasteiger partial charge in [-0.1, -0.05) is 18.5 Å². The number of nitrogens with zero attached hydrogens (tertiary/aromatic N) is 1. The van der Waals surface area contributed by atoms with E-state index in [0.29, 0.717) is 5.02 Å². The Morgan fingerprint density at radius 1 is 1.47 bits per heavy atom. The SMILES string of the molecule is CC[C@@]1(C)C(=O)N(C)c2ccc(Cl)cc21. The topological polar surface area (TPSA) is 20.3 Å². The lowest BCUT2D eigenvalue weighted by Crippen LogP contribution is -2.35. The fraction of sp³-hybridized carbons (Fsp3) is 0.417. The summed E-state index contributed by atoms with van der Waals surface area (Å²) in [5.74, 6) is 0.155. The Hall–Kier alpha value is -1.02. The Balaban J connectivity index is 2.67. The van der Waals surface area contributed by atoms with Crippen LogP contribution in [0.5, 0.6) is 0 Å². The first kappa shape index (κ1) is 10.5. The largest absolute Gasteiger partial charge is 0.314 e. The standard InChI is InChI=1S/C12H14ClNO/c1-4-12(2)9-7-8(13)5-6-10(9)14(3)11(12)15/h5-7H,4H2,1-3H3/t12-/m1/s1. The van der Waals surface area contributed by atoms with E-state index < -0.39 is 5.41 Å². The molecule has 1 aromatic rings. The van der Waals surface area contributed by atoms with Crippen molar-refractivity contribution >= 4 is 23.2 Å². The van der Waals surface area contributed by atoms with Crippen LogP contribution < -0.4 is 4.90 Å². The van der Waals surface area contributed by atoms with Gasteiger partial charge in [0.2, 0.25) is 5.91 Å². The fourth-order valence-electron chi connectivity index (χ4n) is 2.18. The minimum atomic E-state index is -0.408. The van der Waals surface area contributed by atoms with Gasteiger partial charge in [0, 0.05) is 17.8 Å². The van der Waals surface area contributed by atoms with Crippen LogP contribution in [0.3, 0.4) is 0 Å². The number of amides is 1. The molecule has 1 aliphatic rings. The third-order valence-corrected chi connectivity index (χ3v) is 3.63. The summed E-state index contributed by atoms with van der Waals surface area (Å²) in [5.41, 5.74) is 1.62. The van der Waals surface area contributed by atoms with Crippen LogP contribution in [0.4, 0.5) is 5.69 Å². The van der Waals surface area contributed by atoms with Crippen molar-refractivity contribution in [1.29, 1.82) is 0 Å². The molecule has 0 saturated heterocycles. The molecule has 1 aromatic carbocycles. The number of anilines is 1. The van der Waals surface area contributed by atoms with E-state index in [-0.39, 0.29) is 5.91 Å². The number of hydrogen-bond donors (Lipinski definition) is 0. The van der Waals surface area contributed by atoms with Crippen LogP contribution in [0, 0.1) is 0 Å². The molecule has 0 radical (unpaired) electrons. The molecule has 0 unspecified atom stereocenters. The van der Waals surface area contributed by atoms with Crippen molar-refractivity contribution < 1.29 is 4.79 Å². The van der Waals surface area contributed by atoms with Gasteiger partial charge in [-0.2, -0.15) is 0 Å². The summed E-state index contributed by atoms with van der Waals surface area (Å²) in [6.07, 6.45) is 0.795. The van der Waals surface area contributed by atoms with Gasteiger partial charge in [-0.25, -0.2) is 0 Å². The number of hydrogen-bond acceptors (Lipinski definition) is 1. The Morgan fingerprint density at radius 2 is 2.13 bits per heavy atom. The van der Waals surface area contributed by atoms with Crippen molar-refractivity contribution in [2.45, 2.75) is 25.7 Å². The Labute approximate surface area is 94.8 Å². The number of carbonyl (C=O) groups is 1. The van der Waals surface area contributed by atoms with Gasteiger partial charge >= 0.3 is 0 Å². The molecule has 0 aliphatic carbocycles. The highest BCUT2D eigenvalue weighted by Gasteiger charge is 2.44. The van der Waals surface area contributed by atoms with Crippen molar-refractivity contribution in [1.82, 2.24) is 0 Å². The maximum atomic E-state index is 12.1. The van der Waals surface area contributed by atoms with E-state index >= 15 is 0 Å². The van der Waals surface area contributed by atoms with Gasteiger partial charge in [0.15, 0.2) is 0 Å². The molecule has 0 bridgehead atoms. The maximum Gasteiger partial charge on any atom is 0.237 e. The highest BCUT2D eigenvalue weighted by atomic mass is 35.5. The van der Waals surface area contributed by atoms with Crippen molar-refractivity contribution in [3.8, 4) is 0 Å². The van der Waals surface area contributed by atoms with Crippen LogP contribution >= 0.6 is 11.6 Å². The van der Waals surface area contributed by atoms with E-state index in [2.05, 4.69) is 0 Å². The molecule has 0 N–H and O–H groups in total. The first-order chi connectivity index (χ1) is 7.00. The first-order valence-corrected chi connectivity index (χ1v) is 5.46. The van der Waals surface area contributed by atoms with Crippen LogP contribution in [0.2, 0.25) is 5.02 Å². The minimum absolute atomic E-state index is 0.155. The molecule has 1 atom stereocenters. The Kier molecular flexibility index (Phi) is 2.27. The van der Waals surface area contributed by atoms with Crippen LogP contribution in [0.1, 0.15) is 25.8 Å². The average molecular weight is 224 g/mol. The average Bonchev–Trinajstić information content (AvgIpc) is 2.42. The van der Waals surface area contributed by atoms with E-state index in [1.807, 2.05) is 39.1 Å². The summed E-state index contributed by atoms with van der Waals surface area (Å²) in [6, 6.07) is 5.64. The molecule has 2 nitrogen and oxygen atoms in total. The van der Waals surface area contributed by atoms with Gasteiger partial charge in [-0.15, -0.1) is 0 Å². The Morgan fingerprint density at radius 3 is 2.73 bits per heavy atom. The van der Waals surface area contributed by atoms with Gasteiger partial charge < -0.3 is 4.90 Å². The van der Waals surface area contributed by atoms with E-state index in [1.54, 1.807) is 4.90 Å². The summed E-state index contributed by atoms with van der Waals surface area (Å²) in [4.78, 5) is 13.8. The second-order valence-electron chi connectivity index (χ2n) is 4.21. The normalized spacial score (nSPS) is 24.5. The molecule has 80 valence electrons. The summed E-state index contributed by atoms with van der Waals surface area (Å²) in [5, 5.41) is 0.691. The lowest BCUT2D eigenvalue weighted by Gasteiger charge is -2.20. The highest BCUT2D eigenvalue weighted by molar-refractivity contribution is 6.31. The molecule has 0 spiro atoms. The van der Waals surface area contributed by atoms with E-state index in [1.165, 1.54) is 0 Å². The lowest BCUT2D eigenvalue weighted by molar-refractivity contribution is -0.122. The molecule has 1 heterocycles. The zero-order chi connectivity index (χ0) is 11.2. The molecule has 1 aliphatic heterocycles. The lowest BCUT2D eigenvalue weighted by atomic mass is 9.81. The molecule has 0 fully saturated rings. The molecular weight excluding hydrogens is 210 g/mol. The zero-order valence-corrected chi connectivity index (χ0v) is 9.93. The van der Waals surface area contributed by atoms with Gasteiger partial charge in [-0.05, 0) is 37.1 Å². The van der Waals surface area contributed by atoms with Crippen molar-refractivity contribution in [2.24, 2.45) is 0 Å². The summed E-state index contributed by atoms with van der Waals surface area (Å²) in [7, 11) is 1.82. The van der Waals surface area contributed by atoms with Gasteiger partial charge in [0.25, 0.3) is 0 Å². The second kappa shape index (κ2) is 3.24. The highest BCUT2D eigenvalue weighted by Crippen LogP contribution is 2.43. The van der Waals surface area contributed by atoms with Crippen molar-refractivity contribution in [2.75, 3.05) is 11.9 Å². The van der Waals surface area contributed by atoms with Gasteiger partial charge in [-0.3, -0.25) is 4.79 Å². The first-order valence-electron chi connectivity index (χ1n) is 5.09. The molecule has 3 heteroatoms. The number of benzene rings is 1. The number of fused-ring (bicyclic) bond motifs is 1. The van der Waals surface area contributed by atoms with Gasteiger partial charge in [0.1, 0.15) is 0 Å². The van der Waals surface area contributed by atoms with Gasteiger partial charge in [0.05, 0.1) is 5.41 Å². The Bertz CT molecular complexity index is 430. The van der Waals surface area contributed by atoms with Crippen LogP contribution in [0.15, 0.2) is 18.2 Å². The molecule has 0 aromatic heterocycles. The quantitative estimate of drug-likeness (QED) is 0.717. The second-order valence-corrected chi connectivity index (χ2v) is 4.65. The molecule has 2 rings (SSSR count). The number of halogens is 1. The van der Waals surface area contributed by atoms with E-state index in [0.717, 1.165) is 17.7 Å². The third-order valence-electron chi connectivity index (χ3n) is 3.40. The number of carbonyl (C=O) groups excluding carboxylic acids is 1.